The predicted molar refractivity (Wildman–Crippen MR) is 75.6 cm³/mol. The van der Waals surface area contributed by atoms with Gasteiger partial charge < -0.3 is 10.6 Å². The maximum atomic E-state index is 5.69. The van der Waals surface area contributed by atoms with Crippen molar-refractivity contribution in [2.75, 3.05) is 23.7 Å². The van der Waals surface area contributed by atoms with E-state index < -0.39 is 0 Å². The van der Waals surface area contributed by atoms with Crippen LogP contribution < -0.4 is 10.6 Å². The Morgan fingerprint density at radius 2 is 1.89 bits per heavy atom. The smallest absolute Gasteiger partial charge is 0.221 e. The van der Waals surface area contributed by atoms with E-state index in [2.05, 4.69) is 35.6 Å². The largest absolute Gasteiger partial charge is 0.368 e. The van der Waals surface area contributed by atoms with Gasteiger partial charge in [0.05, 0.1) is 0 Å². The molecule has 0 amide bonds. The molecule has 2 heterocycles. The number of hydrogen-bond donors (Lipinski definition) is 1. The van der Waals surface area contributed by atoms with E-state index in [1.165, 1.54) is 25.7 Å². The zero-order valence-corrected chi connectivity index (χ0v) is 11.7. The van der Waals surface area contributed by atoms with Crippen LogP contribution in [0.1, 0.15) is 45.1 Å². The first-order valence-corrected chi connectivity index (χ1v) is 6.94. The van der Waals surface area contributed by atoms with Crippen molar-refractivity contribution in [1.82, 2.24) is 9.97 Å². The third-order valence-electron chi connectivity index (χ3n) is 4.59. The highest BCUT2D eigenvalue weighted by atomic mass is 15.2. The van der Waals surface area contributed by atoms with Crippen LogP contribution in [0.15, 0.2) is 6.20 Å². The quantitative estimate of drug-likeness (QED) is 0.893. The van der Waals surface area contributed by atoms with Crippen LogP contribution in [-0.2, 0) is 0 Å². The number of nitrogens with zero attached hydrogens (tertiary/aromatic N) is 3. The summed E-state index contributed by atoms with van der Waals surface area (Å²) >= 11 is 0. The van der Waals surface area contributed by atoms with Crippen LogP contribution in [0.4, 0.5) is 11.8 Å². The third kappa shape index (κ3) is 2.42. The van der Waals surface area contributed by atoms with E-state index in [1.54, 1.807) is 0 Å². The highest BCUT2D eigenvalue weighted by molar-refractivity contribution is 5.48. The molecule has 0 aromatic carbocycles. The minimum atomic E-state index is 0.374. The number of aromatic nitrogens is 2. The van der Waals surface area contributed by atoms with Crippen molar-refractivity contribution >= 4 is 11.8 Å². The molecule has 0 unspecified atom stereocenters. The van der Waals surface area contributed by atoms with Crippen molar-refractivity contribution in [2.24, 2.45) is 5.41 Å². The van der Waals surface area contributed by atoms with E-state index in [9.17, 15) is 0 Å². The third-order valence-corrected chi connectivity index (χ3v) is 4.59. The SMILES string of the molecule is CCC1(CC)CCN(c2nc(N)ncc2C)CC1. The zero-order valence-electron chi connectivity index (χ0n) is 11.7. The van der Waals surface area contributed by atoms with Crippen molar-refractivity contribution in [3.63, 3.8) is 0 Å². The number of nitrogen functional groups attached to an aromatic ring is 1. The Labute approximate surface area is 110 Å². The standard InChI is InChI=1S/C14H24N4/c1-4-14(5-2)6-8-18(9-7-14)12-11(3)10-16-13(15)17-12/h10H,4-9H2,1-3H3,(H2,15,16,17). The Bertz CT molecular complexity index is 402. The Morgan fingerprint density at radius 3 is 2.44 bits per heavy atom. The van der Waals surface area contributed by atoms with Crippen molar-refractivity contribution in [3.05, 3.63) is 11.8 Å². The summed E-state index contributed by atoms with van der Waals surface area (Å²) in [7, 11) is 0. The lowest BCUT2D eigenvalue weighted by Gasteiger charge is -2.41. The van der Waals surface area contributed by atoms with E-state index >= 15 is 0 Å². The van der Waals surface area contributed by atoms with Crippen LogP contribution in [0.2, 0.25) is 0 Å². The fourth-order valence-corrected chi connectivity index (χ4v) is 2.92. The molecule has 2 N–H and O–H groups in total. The summed E-state index contributed by atoms with van der Waals surface area (Å²) in [5, 5.41) is 0. The minimum Gasteiger partial charge on any atom is -0.368 e. The average Bonchev–Trinajstić information content (AvgIpc) is 2.42. The lowest BCUT2D eigenvalue weighted by molar-refractivity contribution is 0.199. The molecule has 100 valence electrons. The Balaban J connectivity index is 2.12. The predicted octanol–water partition coefficient (Wildman–Crippen LogP) is 2.77. The number of anilines is 2. The van der Waals surface area contributed by atoms with Gasteiger partial charge in [-0.3, -0.25) is 0 Å². The van der Waals surface area contributed by atoms with E-state index in [-0.39, 0.29) is 0 Å². The van der Waals surface area contributed by atoms with Gasteiger partial charge in [-0.2, -0.15) is 4.98 Å². The highest BCUT2D eigenvalue weighted by Gasteiger charge is 2.32. The van der Waals surface area contributed by atoms with Crippen LogP contribution in [-0.4, -0.2) is 23.1 Å². The second-order valence-corrected chi connectivity index (χ2v) is 5.43. The molecule has 18 heavy (non-hydrogen) atoms. The van der Waals surface area contributed by atoms with Gasteiger partial charge in [-0.15, -0.1) is 0 Å². The van der Waals surface area contributed by atoms with Gasteiger partial charge >= 0.3 is 0 Å². The van der Waals surface area contributed by atoms with Gasteiger partial charge in [-0.05, 0) is 25.2 Å². The normalized spacial score (nSPS) is 18.9. The van der Waals surface area contributed by atoms with Gasteiger partial charge in [-0.1, -0.05) is 26.7 Å². The first-order chi connectivity index (χ1) is 8.60. The molecule has 1 saturated heterocycles. The minimum absolute atomic E-state index is 0.374. The van der Waals surface area contributed by atoms with E-state index in [1.807, 2.05) is 6.20 Å². The second-order valence-electron chi connectivity index (χ2n) is 5.43. The molecule has 0 saturated carbocycles. The fraction of sp³-hybridized carbons (Fsp3) is 0.714. The molecule has 1 aromatic heterocycles. The highest BCUT2D eigenvalue weighted by Crippen LogP contribution is 2.39. The summed E-state index contributed by atoms with van der Waals surface area (Å²) in [6.07, 6.45) is 6.89. The van der Waals surface area contributed by atoms with Crippen LogP contribution in [0, 0.1) is 12.3 Å². The van der Waals surface area contributed by atoms with Gasteiger partial charge in [0.1, 0.15) is 5.82 Å². The molecule has 0 atom stereocenters. The molecule has 0 aliphatic carbocycles. The monoisotopic (exact) mass is 248 g/mol. The maximum Gasteiger partial charge on any atom is 0.221 e. The van der Waals surface area contributed by atoms with Gasteiger partial charge in [0.15, 0.2) is 0 Å². The Hall–Kier alpha value is -1.32. The van der Waals surface area contributed by atoms with E-state index in [0.717, 1.165) is 24.5 Å². The number of hydrogen-bond acceptors (Lipinski definition) is 4. The van der Waals surface area contributed by atoms with Gasteiger partial charge in [0, 0.05) is 24.8 Å². The van der Waals surface area contributed by atoms with Crippen LogP contribution >= 0.6 is 0 Å². The molecule has 4 nitrogen and oxygen atoms in total. The molecule has 0 spiro atoms. The topological polar surface area (TPSA) is 55.0 Å². The number of piperidine rings is 1. The van der Waals surface area contributed by atoms with E-state index in [0.29, 0.717) is 11.4 Å². The van der Waals surface area contributed by atoms with Gasteiger partial charge in [0.2, 0.25) is 5.95 Å². The molecule has 1 aliphatic heterocycles. The molecule has 1 aliphatic rings. The molecule has 1 fully saturated rings. The lowest BCUT2D eigenvalue weighted by atomic mass is 9.74. The summed E-state index contributed by atoms with van der Waals surface area (Å²) in [4.78, 5) is 10.8. The molecule has 4 heteroatoms. The summed E-state index contributed by atoms with van der Waals surface area (Å²) in [5.74, 6) is 1.39. The lowest BCUT2D eigenvalue weighted by Crippen LogP contribution is -2.40. The molecule has 2 rings (SSSR count). The fourth-order valence-electron chi connectivity index (χ4n) is 2.92. The zero-order chi connectivity index (χ0) is 13.2. The van der Waals surface area contributed by atoms with Crippen molar-refractivity contribution in [2.45, 2.75) is 46.5 Å². The Kier molecular flexibility index (Phi) is 3.73. The number of nitrogens with two attached hydrogens (primary N) is 1. The molecule has 0 radical (unpaired) electrons. The first-order valence-electron chi connectivity index (χ1n) is 6.94. The van der Waals surface area contributed by atoms with Gasteiger partial charge in [0.25, 0.3) is 0 Å². The molecule has 0 bridgehead atoms. The number of rotatable bonds is 3. The van der Waals surface area contributed by atoms with Crippen LogP contribution in [0.25, 0.3) is 0 Å². The summed E-state index contributed by atoms with van der Waals surface area (Å²) in [6, 6.07) is 0. The number of aryl methyl sites for hydroxylation is 1. The first kappa shape index (κ1) is 13.1. The molecular weight excluding hydrogens is 224 g/mol. The van der Waals surface area contributed by atoms with Crippen molar-refractivity contribution in [3.8, 4) is 0 Å². The average molecular weight is 248 g/mol. The van der Waals surface area contributed by atoms with Crippen LogP contribution in [0.3, 0.4) is 0 Å². The van der Waals surface area contributed by atoms with Crippen molar-refractivity contribution in [1.29, 1.82) is 0 Å². The summed E-state index contributed by atoms with van der Waals surface area (Å²) in [5.41, 5.74) is 7.35. The summed E-state index contributed by atoms with van der Waals surface area (Å²) < 4.78 is 0. The molecule has 1 aromatic rings. The van der Waals surface area contributed by atoms with Crippen LogP contribution in [0.5, 0.6) is 0 Å². The summed E-state index contributed by atoms with van der Waals surface area (Å²) in [6.45, 7) is 8.84. The van der Waals surface area contributed by atoms with Gasteiger partial charge in [-0.25, -0.2) is 4.98 Å². The molecular formula is C14H24N4. The maximum absolute atomic E-state index is 5.69. The second kappa shape index (κ2) is 5.12. The Morgan fingerprint density at radius 1 is 1.28 bits per heavy atom. The van der Waals surface area contributed by atoms with E-state index in [4.69, 9.17) is 5.73 Å². The van der Waals surface area contributed by atoms with Crippen molar-refractivity contribution < 1.29 is 0 Å².